The number of ether oxygens (including phenoxy) is 2. The Morgan fingerprint density at radius 1 is 1.00 bits per heavy atom. The number of hydrogen-bond donors (Lipinski definition) is 4. The summed E-state index contributed by atoms with van der Waals surface area (Å²) in [6.07, 6.45) is 0.587. The molecule has 0 saturated heterocycles. The van der Waals surface area contributed by atoms with Gasteiger partial charge in [0, 0.05) is 12.0 Å². The van der Waals surface area contributed by atoms with Gasteiger partial charge < -0.3 is 30.3 Å². The first-order valence-corrected chi connectivity index (χ1v) is 9.56. The predicted octanol–water partition coefficient (Wildman–Crippen LogP) is 1.62. The quantitative estimate of drug-likeness (QED) is 0.430. The SMILES string of the molecule is O=C(O)CCC(NC(=O)/C(=C\c1ccc2c(c1)OCO2)NC(=O)c1ccccc1)C(=O)O. The summed E-state index contributed by atoms with van der Waals surface area (Å²) in [5.41, 5.74) is 0.557. The molecule has 0 aromatic heterocycles. The van der Waals surface area contributed by atoms with E-state index in [1.807, 2.05) is 0 Å². The number of fused-ring (bicyclic) bond motifs is 1. The van der Waals surface area contributed by atoms with Crippen LogP contribution in [0.3, 0.4) is 0 Å². The van der Waals surface area contributed by atoms with Gasteiger partial charge in [-0.25, -0.2) is 4.79 Å². The predicted molar refractivity (Wildman–Crippen MR) is 111 cm³/mol. The van der Waals surface area contributed by atoms with Crippen molar-refractivity contribution >= 4 is 29.8 Å². The average molecular weight is 440 g/mol. The molecule has 0 radical (unpaired) electrons. The van der Waals surface area contributed by atoms with Crippen LogP contribution in [0.25, 0.3) is 6.08 Å². The van der Waals surface area contributed by atoms with Crippen LogP contribution in [0.1, 0.15) is 28.8 Å². The molecule has 10 heteroatoms. The van der Waals surface area contributed by atoms with Crippen molar-refractivity contribution in [1.82, 2.24) is 10.6 Å². The van der Waals surface area contributed by atoms with E-state index in [1.165, 1.54) is 6.08 Å². The Balaban J connectivity index is 1.86. The van der Waals surface area contributed by atoms with E-state index in [4.69, 9.17) is 14.6 Å². The van der Waals surface area contributed by atoms with E-state index in [2.05, 4.69) is 10.6 Å². The van der Waals surface area contributed by atoms with Gasteiger partial charge >= 0.3 is 11.9 Å². The molecule has 1 heterocycles. The summed E-state index contributed by atoms with van der Waals surface area (Å²) in [4.78, 5) is 47.7. The second-order valence-electron chi connectivity index (χ2n) is 6.79. The van der Waals surface area contributed by atoms with Gasteiger partial charge in [0.1, 0.15) is 11.7 Å². The third-order valence-electron chi connectivity index (χ3n) is 4.49. The Morgan fingerprint density at radius 2 is 1.72 bits per heavy atom. The topological polar surface area (TPSA) is 151 Å². The van der Waals surface area contributed by atoms with Crippen LogP contribution in [0.2, 0.25) is 0 Å². The van der Waals surface area contributed by atoms with Crippen molar-refractivity contribution < 1.29 is 38.9 Å². The maximum atomic E-state index is 12.8. The van der Waals surface area contributed by atoms with Crippen LogP contribution in [-0.2, 0) is 14.4 Å². The minimum Gasteiger partial charge on any atom is -0.481 e. The van der Waals surface area contributed by atoms with Crippen LogP contribution in [0.15, 0.2) is 54.2 Å². The smallest absolute Gasteiger partial charge is 0.326 e. The van der Waals surface area contributed by atoms with Crippen molar-refractivity contribution in [1.29, 1.82) is 0 Å². The van der Waals surface area contributed by atoms with Crippen molar-refractivity contribution in [3.63, 3.8) is 0 Å². The Kier molecular flexibility index (Phi) is 7.06. The van der Waals surface area contributed by atoms with Gasteiger partial charge in [-0.15, -0.1) is 0 Å². The fraction of sp³-hybridized carbons (Fsp3) is 0.182. The first-order valence-electron chi connectivity index (χ1n) is 9.56. The normalized spacial score (nSPS) is 13.2. The molecule has 0 spiro atoms. The van der Waals surface area contributed by atoms with Gasteiger partial charge in [-0.3, -0.25) is 14.4 Å². The highest BCUT2D eigenvalue weighted by atomic mass is 16.7. The van der Waals surface area contributed by atoms with Crippen molar-refractivity contribution in [2.24, 2.45) is 0 Å². The third kappa shape index (κ3) is 5.85. The molecule has 0 aliphatic carbocycles. The molecular formula is C22H20N2O8. The summed E-state index contributed by atoms with van der Waals surface area (Å²) in [6.45, 7) is 0.0600. The average Bonchev–Trinajstić information content (AvgIpc) is 3.24. The van der Waals surface area contributed by atoms with Gasteiger partial charge in [0.05, 0.1) is 0 Å². The number of amides is 2. The number of rotatable bonds is 9. The Bertz CT molecular complexity index is 1060. The van der Waals surface area contributed by atoms with Crippen molar-refractivity contribution in [3.8, 4) is 11.5 Å². The zero-order valence-electron chi connectivity index (χ0n) is 16.7. The third-order valence-corrected chi connectivity index (χ3v) is 4.49. The maximum absolute atomic E-state index is 12.8. The zero-order chi connectivity index (χ0) is 23.1. The number of carbonyl (C=O) groups excluding carboxylic acids is 2. The van der Waals surface area contributed by atoms with E-state index in [0.717, 1.165) is 0 Å². The lowest BCUT2D eigenvalue weighted by atomic mass is 10.1. The molecule has 3 rings (SSSR count). The summed E-state index contributed by atoms with van der Waals surface area (Å²) >= 11 is 0. The number of benzene rings is 2. The van der Waals surface area contributed by atoms with Crippen LogP contribution in [0.4, 0.5) is 0 Å². The molecule has 1 atom stereocenters. The molecule has 1 aliphatic heterocycles. The van der Waals surface area contributed by atoms with E-state index in [1.54, 1.807) is 48.5 Å². The summed E-state index contributed by atoms with van der Waals surface area (Å²) in [6, 6.07) is 11.6. The fourth-order valence-corrected chi connectivity index (χ4v) is 2.87. The van der Waals surface area contributed by atoms with Crippen molar-refractivity contribution in [2.75, 3.05) is 6.79 Å². The van der Waals surface area contributed by atoms with Crippen molar-refractivity contribution in [3.05, 3.63) is 65.4 Å². The number of carboxylic acid groups (broad SMARTS) is 2. The summed E-state index contributed by atoms with van der Waals surface area (Å²) in [7, 11) is 0. The molecule has 2 aromatic rings. The highest BCUT2D eigenvalue weighted by molar-refractivity contribution is 6.06. The molecule has 2 aromatic carbocycles. The molecule has 0 fully saturated rings. The molecule has 1 aliphatic rings. The minimum atomic E-state index is -1.45. The fourth-order valence-electron chi connectivity index (χ4n) is 2.87. The van der Waals surface area contributed by atoms with Gasteiger partial charge in [-0.1, -0.05) is 24.3 Å². The van der Waals surface area contributed by atoms with Crippen LogP contribution < -0.4 is 20.1 Å². The molecule has 166 valence electrons. The molecule has 2 amide bonds. The summed E-state index contributed by atoms with van der Waals surface area (Å²) in [5.74, 6) is -3.07. The van der Waals surface area contributed by atoms with E-state index in [9.17, 15) is 24.3 Å². The lowest BCUT2D eigenvalue weighted by molar-refractivity contribution is -0.142. The van der Waals surface area contributed by atoms with E-state index < -0.39 is 36.2 Å². The molecule has 32 heavy (non-hydrogen) atoms. The minimum absolute atomic E-state index is 0.0600. The van der Waals surface area contributed by atoms with E-state index >= 15 is 0 Å². The summed E-state index contributed by atoms with van der Waals surface area (Å²) < 4.78 is 10.6. The van der Waals surface area contributed by atoms with Gasteiger partial charge in [0.15, 0.2) is 11.5 Å². The monoisotopic (exact) mass is 440 g/mol. The van der Waals surface area contributed by atoms with Crippen LogP contribution >= 0.6 is 0 Å². The molecule has 0 bridgehead atoms. The van der Waals surface area contributed by atoms with Crippen LogP contribution in [0, 0.1) is 0 Å². The van der Waals surface area contributed by atoms with Crippen LogP contribution in [0.5, 0.6) is 11.5 Å². The van der Waals surface area contributed by atoms with Gasteiger partial charge in [-0.2, -0.15) is 0 Å². The summed E-state index contributed by atoms with van der Waals surface area (Å²) in [5, 5.41) is 22.9. The number of carbonyl (C=O) groups is 4. The number of nitrogens with one attached hydrogen (secondary N) is 2. The number of hydrogen-bond acceptors (Lipinski definition) is 6. The van der Waals surface area contributed by atoms with E-state index in [-0.39, 0.29) is 24.5 Å². The molecule has 1 unspecified atom stereocenters. The van der Waals surface area contributed by atoms with Crippen LogP contribution in [-0.4, -0.2) is 46.8 Å². The zero-order valence-corrected chi connectivity index (χ0v) is 16.7. The van der Waals surface area contributed by atoms with E-state index in [0.29, 0.717) is 17.1 Å². The standard InChI is InChI=1S/C22H20N2O8/c25-19(26)9-7-15(22(29)30)23-21(28)16(24-20(27)14-4-2-1-3-5-14)10-13-6-8-17-18(11-13)32-12-31-17/h1-6,8,10-11,15H,7,9,12H2,(H,23,28)(H,24,27)(H,25,26)(H,29,30)/b16-10+. The lowest BCUT2D eigenvalue weighted by Gasteiger charge is -2.16. The molecular weight excluding hydrogens is 420 g/mol. The molecule has 0 saturated carbocycles. The Hall–Kier alpha value is -4.34. The molecule has 10 nitrogen and oxygen atoms in total. The molecule has 4 N–H and O–H groups in total. The second kappa shape index (κ2) is 10.1. The Morgan fingerprint density at radius 3 is 2.41 bits per heavy atom. The largest absolute Gasteiger partial charge is 0.481 e. The highest BCUT2D eigenvalue weighted by Gasteiger charge is 2.24. The second-order valence-corrected chi connectivity index (χ2v) is 6.79. The number of carboxylic acids is 2. The van der Waals surface area contributed by atoms with Gasteiger partial charge in [0.2, 0.25) is 6.79 Å². The first-order chi connectivity index (χ1) is 15.3. The first kappa shape index (κ1) is 22.3. The Labute approximate surface area is 182 Å². The number of aliphatic carboxylic acids is 2. The van der Waals surface area contributed by atoms with Gasteiger partial charge in [0.25, 0.3) is 11.8 Å². The van der Waals surface area contributed by atoms with Crippen molar-refractivity contribution in [2.45, 2.75) is 18.9 Å². The maximum Gasteiger partial charge on any atom is 0.326 e. The van der Waals surface area contributed by atoms with Gasteiger partial charge in [-0.05, 0) is 42.3 Å². The highest BCUT2D eigenvalue weighted by Crippen LogP contribution is 2.33. The lowest BCUT2D eigenvalue weighted by Crippen LogP contribution is -2.44.